The van der Waals surface area contributed by atoms with Gasteiger partial charge in [0.15, 0.2) is 5.82 Å². The van der Waals surface area contributed by atoms with Crippen LogP contribution < -0.4 is 5.32 Å². The van der Waals surface area contributed by atoms with Crippen molar-refractivity contribution in [3.63, 3.8) is 0 Å². The second-order valence-corrected chi connectivity index (χ2v) is 5.60. The lowest BCUT2D eigenvalue weighted by Crippen LogP contribution is -2.35. The van der Waals surface area contributed by atoms with Crippen molar-refractivity contribution >= 4 is 0 Å². The second-order valence-electron chi connectivity index (χ2n) is 5.60. The SMILES string of the molecule is CCN1CCCC(Cc2nc(CC(C)NC)no2)C1. The molecule has 2 atom stereocenters. The average Bonchev–Trinajstić information content (AvgIpc) is 2.86. The molecule has 0 aromatic carbocycles. The smallest absolute Gasteiger partial charge is 0.226 e. The lowest BCUT2D eigenvalue weighted by atomic mass is 9.95. The molecule has 1 aromatic rings. The van der Waals surface area contributed by atoms with Gasteiger partial charge in [0.2, 0.25) is 5.89 Å². The molecule has 2 unspecified atom stereocenters. The van der Waals surface area contributed by atoms with E-state index >= 15 is 0 Å². The zero-order chi connectivity index (χ0) is 13.7. The molecule has 0 spiro atoms. The number of aromatic nitrogens is 2. The Morgan fingerprint density at radius 2 is 2.37 bits per heavy atom. The van der Waals surface area contributed by atoms with E-state index in [2.05, 4.69) is 34.2 Å². The van der Waals surface area contributed by atoms with Gasteiger partial charge in [-0.05, 0) is 45.8 Å². The highest BCUT2D eigenvalue weighted by Crippen LogP contribution is 2.20. The lowest BCUT2D eigenvalue weighted by Gasteiger charge is -2.30. The first-order chi connectivity index (χ1) is 9.21. The maximum atomic E-state index is 5.37. The van der Waals surface area contributed by atoms with Crippen LogP contribution in [0.5, 0.6) is 0 Å². The first-order valence-corrected chi connectivity index (χ1v) is 7.42. The number of rotatable bonds is 6. The van der Waals surface area contributed by atoms with Gasteiger partial charge in [0.05, 0.1) is 0 Å². The van der Waals surface area contributed by atoms with Crippen molar-refractivity contribution in [2.24, 2.45) is 5.92 Å². The van der Waals surface area contributed by atoms with Crippen LogP contribution in [0.15, 0.2) is 4.52 Å². The molecule has 1 N–H and O–H groups in total. The average molecular weight is 266 g/mol. The minimum atomic E-state index is 0.385. The summed E-state index contributed by atoms with van der Waals surface area (Å²) in [6, 6.07) is 0.385. The van der Waals surface area contributed by atoms with Crippen molar-refractivity contribution in [2.45, 2.75) is 45.6 Å². The normalized spacial score (nSPS) is 22.6. The van der Waals surface area contributed by atoms with Crippen molar-refractivity contribution < 1.29 is 4.52 Å². The fourth-order valence-corrected chi connectivity index (χ4v) is 2.68. The molecule has 0 saturated carbocycles. The fourth-order valence-electron chi connectivity index (χ4n) is 2.68. The number of hydrogen-bond acceptors (Lipinski definition) is 5. The van der Waals surface area contributed by atoms with E-state index in [1.54, 1.807) is 0 Å². The van der Waals surface area contributed by atoms with Crippen LogP contribution in [0, 0.1) is 5.92 Å². The van der Waals surface area contributed by atoms with Gasteiger partial charge in [-0.1, -0.05) is 12.1 Å². The van der Waals surface area contributed by atoms with Crippen LogP contribution in [0.2, 0.25) is 0 Å². The third-order valence-electron chi connectivity index (χ3n) is 4.01. The molecule has 0 amide bonds. The van der Waals surface area contributed by atoms with Gasteiger partial charge in [-0.15, -0.1) is 0 Å². The second kappa shape index (κ2) is 7.01. The molecule has 2 heterocycles. The van der Waals surface area contributed by atoms with Crippen molar-refractivity contribution in [3.05, 3.63) is 11.7 Å². The third kappa shape index (κ3) is 4.28. The molecule has 0 radical (unpaired) electrons. The Balaban J connectivity index is 1.85. The Hall–Kier alpha value is -0.940. The summed E-state index contributed by atoms with van der Waals surface area (Å²) in [6.45, 7) is 7.90. The van der Waals surface area contributed by atoms with E-state index in [9.17, 15) is 0 Å². The summed E-state index contributed by atoms with van der Waals surface area (Å²) >= 11 is 0. The maximum absolute atomic E-state index is 5.37. The van der Waals surface area contributed by atoms with Gasteiger partial charge >= 0.3 is 0 Å². The van der Waals surface area contributed by atoms with E-state index in [1.807, 2.05) is 7.05 Å². The predicted octanol–water partition coefficient (Wildman–Crippen LogP) is 1.49. The zero-order valence-corrected chi connectivity index (χ0v) is 12.4. The number of piperidine rings is 1. The van der Waals surface area contributed by atoms with Crippen LogP contribution in [0.4, 0.5) is 0 Å². The number of hydrogen-bond donors (Lipinski definition) is 1. The van der Waals surface area contributed by atoms with Crippen molar-refractivity contribution in [1.29, 1.82) is 0 Å². The van der Waals surface area contributed by atoms with E-state index in [0.29, 0.717) is 12.0 Å². The number of likely N-dealkylation sites (tertiary alicyclic amines) is 1. The zero-order valence-electron chi connectivity index (χ0n) is 12.4. The predicted molar refractivity (Wildman–Crippen MR) is 75.1 cm³/mol. The summed E-state index contributed by atoms with van der Waals surface area (Å²) in [5.74, 6) is 2.30. The molecule has 1 saturated heterocycles. The van der Waals surface area contributed by atoms with Crippen LogP contribution in [0.25, 0.3) is 0 Å². The standard InChI is InChI=1S/C14H26N4O/c1-4-18-7-5-6-12(10-18)9-14-16-13(17-19-14)8-11(2)15-3/h11-12,15H,4-10H2,1-3H3. The van der Waals surface area contributed by atoms with Crippen LogP contribution in [-0.4, -0.2) is 47.8 Å². The summed E-state index contributed by atoms with van der Waals surface area (Å²) in [5.41, 5.74) is 0. The number of nitrogens with zero attached hydrogens (tertiary/aromatic N) is 3. The number of likely N-dealkylation sites (N-methyl/N-ethyl adjacent to an activating group) is 1. The highest BCUT2D eigenvalue weighted by atomic mass is 16.5. The van der Waals surface area contributed by atoms with Crippen molar-refractivity contribution in [1.82, 2.24) is 20.4 Å². The Morgan fingerprint density at radius 3 is 3.11 bits per heavy atom. The van der Waals surface area contributed by atoms with Gasteiger partial charge in [-0.3, -0.25) is 0 Å². The minimum absolute atomic E-state index is 0.385. The first-order valence-electron chi connectivity index (χ1n) is 7.42. The highest BCUT2D eigenvalue weighted by molar-refractivity contribution is 4.91. The van der Waals surface area contributed by atoms with Gasteiger partial charge in [-0.2, -0.15) is 4.98 Å². The Labute approximate surface area is 115 Å². The molecule has 1 fully saturated rings. The van der Waals surface area contributed by atoms with Gasteiger partial charge < -0.3 is 14.7 Å². The molecule has 19 heavy (non-hydrogen) atoms. The molecule has 0 aliphatic carbocycles. The largest absolute Gasteiger partial charge is 0.339 e. The molecular formula is C14H26N4O. The van der Waals surface area contributed by atoms with E-state index in [0.717, 1.165) is 31.1 Å². The topological polar surface area (TPSA) is 54.2 Å². The fraction of sp³-hybridized carbons (Fsp3) is 0.857. The molecular weight excluding hydrogens is 240 g/mol. The summed E-state index contributed by atoms with van der Waals surface area (Å²) in [5, 5.41) is 7.26. The van der Waals surface area contributed by atoms with E-state index in [1.165, 1.54) is 25.9 Å². The Morgan fingerprint density at radius 1 is 1.53 bits per heavy atom. The van der Waals surface area contributed by atoms with Crippen molar-refractivity contribution in [2.75, 3.05) is 26.7 Å². The van der Waals surface area contributed by atoms with Crippen LogP contribution >= 0.6 is 0 Å². The molecule has 1 aliphatic rings. The summed E-state index contributed by atoms with van der Waals surface area (Å²) in [7, 11) is 1.95. The maximum Gasteiger partial charge on any atom is 0.226 e. The Bertz CT molecular complexity index is 379. The molecule has 2 rings (SSSR count). The van der Waals surface area contributed by atoms with Crippen LogP contribution in [0.3, 0.4) is 0 Å². The minimum Gasteiger partial charge on any atom is -0.339 e. The summed E-state index contributed by atoms with van der Waals surface area (Å²) in [6.07, 6.45) is 4.32. The summed E-state index contributed by atoms with van der Waals surface area (Å²) < 4.78 is 5.37. The van der Waals surface area contributed by atoms with Gasteiger partial charge in [0.1, 0.15) is 0 Å². The number of nitrogens with one attached hydrogen (secondary N) is 1. The van der Waals surface area contributed by atoms with E-state index in [4.69, 9.17) is 4.52 Å². The van der Waals surface area contributed by atoms with Crippen molar-refractivity contribution in [3.8, 4) is 0 Å². The first kappa shape index (κ1) is 14.5. The molecule has 1 aromatic heterocycles. The van der Waals surface area contributed by atoms with Gasteiger partial charge in [0, 0.05) is 25.4 Å². The molecule has 108 valence electrons. The monoisotopic (exact) mass is 266 g/mol. The molecule has 0 bridgehead atoms. The third-order valence-corrected chi connectivity index (χ3v) is 4.01. The van der Waals surface area contributed by atoms with E-state index < -0.39 is 0 Å². The lowest BCUT2D eigenvalue weighted by molar-refractivity contribution is 0.174. The Kier molecular flexibility index (Phi) is 5.34. The molecule has 5 heteroatoms. The van der Waals surface area contributed by atoms with Gasteiger partial charge in [0.25, 0.3) is 0 Å². The quantitative estimate of drug-likeness (QED) is 0.845. The molecule has 5 nitrogen and oxygen atoms in total. The van der Waals surface area contributed by atoms with Gasteiger partial charge in [-0.25, -0.2) is 0 Å². The highest BCUT2D eigenvalue weighted by Gasteiger charge is 2.21. The summed E-state index contributed by atoms with van der Waals surface area (Å²) in [4.78, 5) is 7.02. The molecule has 1 aliphatic heterocycles. The van der Waals surface area contributed by atoms with Crippen LogP contribution in [-0.2, 0) is 12.8 Å². The van der Waals surface area contributed by atoms with E-state index in [-0.39, 0.29) is 0 Å². The van der Waals surface area contributed by atoms with Crippen LogP contribution in [0.1, 0.15) is 38.4 Å².